The number of primary amides is 1. The minimum Gasteiger partial charge on any atom is -0.496 e. The van der Waals surface area contributed by atoms with Crippen LogP contribution in [-0.2, 0) is 4.79 Å². The van der Waals surface area contributed by atoms with Gasteiger partial charge in [-0.1, -0.05) is 17.7 Å². The van der Waals surface area contributed by atoms with Gasteiger partial charge in [-0.25, -0.2) is 4.79 Å². The van der Waals surface area contributed by atoms with Crippen molar-refractivity contribution in [2.75, 3.05) is 20.2 Å². The number of nitrogens with zero attached hydrogens (tertiary/aromatic N) is 1. The Balaban J connectivity index is 2.03. The molecule has 0 spiro atoms. The maximum Gasteiger partial charge on any atom is 0.317 e. The summed E-state index contributed by atoms with van der Waals surface area (Å²) in [5.41, 5.74) is 7.33. The Kier molecular flexibility index (Phi) is 4.90. The molecule has 3 N–H and O–H groups in total. The minimum absolute atomic E-state index is 0.181. The number of likely N-dealkylation sites (tertiary alicyclic amines) is 1. The van der Waals surface area contributed by atoms with Gasteiger partial charge in [0.2, 0.25) is 5.91 Å². The van der Waals surface area contributed by atoms with E-state index in [1.807, 2.05) is 32.0 Å². The van der Waals surface area contributed by atoms with Crippen molar-refractivity contribution in [3.8, 4) is 5.75 Å². The first-order valence-corrected chi connectivity index (χ1v) is 7.41. The van der Waals surface area contributed by atoms with Crippen LogP contribution in [0.2, 0.25) is 0 Å². The van der Waals surface area contributed by atoms with Crippen molar-refractivity contribution in [2.24, 2.45) is 11.7 Å². The van der Waals surface area contributed by atoms with Crippen LogP contribution in [0.3, 0.4) is 0 Å². The van der Waals surface area contributed by atoms with E-state index < -0.39 is 0 Å². The molecule has 120 valence electrons. The average Bonchev–Trinajstić information content (AvgIpc) is 2.97. The van der Waals surface area contributed by atoms with Gasteiger partial charge in [-0.2, -0.15) is 0 Å². The molecular weight excluding hydrogens is 282 g/mol. The summed E-state index contributed by atoms with van der Waals surface area (Å²) >= 11 is 0. The molecule has 0 saturated carbocycles. The number of ether oxygens (including phenoxy) is 1. The summed E-state index contributed by atoms with van der Waals surface area (Å²) in [6.07, 6.45) is 0.630. The summed E-state index contributed by atoms with van der Waals surface area (Å²) in [6, 6.07) is 5.50. The van der Waals surface area contributed by atoms with Crippen molar-refractivity contribution >= 4 is 11.9 Å². The molecule has 6 nitrogen and oxygen atoms in total. The maximum absolute atomic E-state index is 12.3. The number of hydrogen-bond acceptors (Lipinski definition) is 3. The zero-order valence-electron chi connectivity index (χ0n) is 13.3. The van der Waals surface area contributed by atoms with Gasteiger partial charge in [0.15, 0.2) is 0 Å². The highest BCUT2D eigenvalue weighted by Crippen LogP contribution is 2.26. The molecule has 22 heavy (non-hydrogen) atoms. The largest absolute Gasteiger partial charge is 0.496 e. The fraction of sp³-hybridized carbons (Fsp3) is 0.500. The lowest BCUT2D eigenvalue weighted by molar-refractivity contribution is -0.121. The molecule has 1 fully saturated rings. The standard InChI is InChI=1S/C16H23N3O3/c1-10-4-5-14(22-3)13(8-10)11(2)18-16(21)19-7-6-12(9-19)15(17)20/h4-5,8,11-12H,6-7,9H2,1-3H3,(H2,17,20)(H,18,21)/t11-,12-/m0/s1. The molecule has 0 aliphatic carbocycles. The van der Waals surface area contributed by atoms with E-state index in [4.69, 9.17) is 10.5 Å². The zero-order valence-corrected chi connectivity index (χ0v) is 13.3. The molecule has 3 amide bonds. The van der Waals surface area contributed by atoms with E-state index in [0.29, 0.717) is 19.5 Å². The van der Waals surface area contributed by atoms with Crippen LogP contribution in [0.25, 0.3) is 0 Å². The highest BCUT2D eigenvalue weighted by atomic mass is 16.5. The Morgan fingerprint density at radius 1 is 1.45 bits per heavy atom. The van der Waals surface area contributed by atoms with Crippen molar-refractivity contribution < 1.29 is 14.3 Å². The maximum atomic E-state index is 12.3. The summed E-state index contributed by atoms with van der Waals surface area (Å²) in [4.78, 5) is 25.1. The molecule has 6 heteroatoms. The van der Waals surface area contributed by atoms with Crippen molar-refractivity contribution in [3.63, 3.8) is 0 Å². The zero-order chi connectivity index (χ0) is 16.3. The third-order valence-corrected chi connectivity index (χ3v) is 4.07. The lowest BCUT2D eigenvalue weighted by atomic mass is 10.0. The number of benzene rings is 1. The first kappa shape index (κ1) is 16.1. The number of nitrogens with one attached hydrogen (secondary N) is 1. The molecular formula is C16H23N3O3. The normalized spacial score (nSPS) is 18.9. The van der Waals surface area contributed by atoms with E-state index in [1.165, 1.54) is 0 Å². The van der Waals surface area contributed by atoms with Crippen LogP contribution >= 0.6 is 0 Å². The van der Waals surface area contributed by atoms with Crippen molar-refractivity contribution in [3.05, 3.63) is 29.3 Å². The Labute approximate surface area is 130 Å². The summed E-state index contributed by atoms with van der Waals surface area (Å²) in [7, 11) is 1.61. The Bertz CT molecular complexity index is 574. The van der Waals surface area contributed by atoms with Gasteiger partial charge in [0.1, 0.15) is 5.75 Å². The second kappa shape index (κ2) is 6.68. The van der Waals surface area contributed by atoms with Gasteiger partial charge in [0.25, 0.3) is 0 Å². The van der Waals surface area contributed by atoms with Crippen molar-refractivity contribution in [2.45, 2.75) is 26.3 Å². The van der Waals surface area contributed by atoms with Crippen LogP contribution in [0.4, 0.5) is 4.79 Å². The monoisotopic (exact) mass is 305 g/mol. The smallest absolute Gasteiger partial charge is 0.317 e. The number of carbonyl (C=O) groups excluding carboxylic acids is 2. The number of methoxy groups -OCH3 is 1. The van der Waals surface area contributed by atoms with Crippen LogP contribution in [0.1, 0.15) is 30.5 Å². The van der Waals surface area contributed by atoms with Crippen LogP contribution < -0.4 is 15.8 Å². The molecule has 1 aliphatic heterocycles. The predicted molar refractivity (Wildman–Crippen MR) is 83.6 cm³/mol. The number of hydrogen-bond donors (Lipinski definition) is 2. The van der Waals surface area contributed by atoms with Gasteiger partial charge in [-0.05, 0) is 26.3 Å². The Hall–Kier alpha value is -2.24. The third kappa shape index (κ3) is 3.50. The number of rotatable bonds is 4. The van der Waals surface area contributed by atoms with Crippen molar-refractivity contribution in [1.29, 1.82) is 0 Å². The highest BCUT2D eigenvalue weighted by molar-refractivity contribution is 5.80. The lowest BCUT2D eigenvalue weighted by Gasteiger charge is -2.22. The SMILES string of the molecule is COc1ccc(C)cc1[C@H](C)NC(=O)N1CC[C@H](C(N)=O)C1. The highest BCUT2D eigenvalue weighted by Gasteiger charge is 2.30. The Morgan fingerprint density at radius 2 is 2.18 bits per heavy atom. The fourth-order valence-electron chi connectivity index (χ4n) is 2.72. The summed E-state index contributed by atoms with van der Waals surface area (Å²) in [6.45, 7) is 4.85. The predicted octanol–water partition coefficient (Wildman–Crippen LogP) is 1.58. The molecule has 1 saturated heterocycles. The second-order valence-corrected chi connectivity index (χ2v) is 5.75. The van der Waals surface area contributed by atoms with Gasteiger partial charge in [-0.3, -0.25) is 4.79 Å². The first-order chi connectivity index (χ1) is 10.4. The van der Waals surface area contributed by atoms with E-state index in [1.54, 1.807) is 12.0 Å². The van der Waals surface area contributed by atoms with Crippen molar-refractivity contribution in [1.82, 2.24) is 10.2 Å². The average molecular weight is 305 g/mol. The van der Waals surface area contributed by atoms with Crippen LogP contribution in [-0.4, -0.2) is 37.0 Å². The topological polar surface area (TPSA) is 84.7 Å². The molecule has 2 rings (SSSR count). The van der Waals surface area contributed by atoms with E-state index >= 15 is 0 Å². The molecule has 1 aromatic carbocycles. The van der Waals surface area contributed by atoms with E-state index in [9.17, 15) is 9.59 Å². The molecule has 1 heterocycles. The summed E-state index contributed by atoms with van der Waals surface area (Å²) in [5, 5.41) is 2.95. The minimum atomic E-state index is -0.344. The molecule has 0 aromatic heterocycles. The second-order valence-electron chi connectivity index (χ2n) is 5.75. The van der Waals surface area contributed by atoms with Gasteiger partial charge in [0, 0.05) is 18.7 Å². The summed E-state index contributed by atoms with van der Waals surface area (Å²) < 4.78 is 5.35. The van der Waals surface area contributed by atoms with Crippen LogP contribution in [0, 0.1) is 12.8 Å². The molecule has 0 radical (unpaired) electrons. The quantitative estimate of drug-likeness (QED) is 0.885. The van der Waals surface area contributed by atoms with E-state index in [-0.39, 0.29) is 23.9 Å². The number of urea groups is 1. The van der Waals surface area contributed by atoms with Crippen LogP contribution in [0.5, 0.6) is 5.75 Å². The molecule has 0 unspecified atom stereocenters. The Morgan fingerprint density at radius 3 is 2.77 bits per heavy atom. The first-order valence-electron chi connectivity index (χ1n) is 7.41. The molecule has 2 atom stereocenters. The number of aryl methyl sites for hydroxylation is 1. The lowest BCUT2D eigenvalue weighted by Crippen LogP contribution is -2.40. The van der Waals surface area contributed by atoms with Gasteiger partial charge in [0.05, 0.1) is 19.1 Å². The van der Waals surface area contributed by atoms with Gasteiger partial charge < -0.3 is 20.7 Å². The summed E-state index contributed by atoms with van der Waals surface area (Å²) in [5.74, 6) is 0.160. The van der Waals surface area contributed by atoms with E-state index in [2.05, 4.69) is 5.32 Å². The van der Waals surface area contributed by atoms with E-state index in [0.717, 1.165) is 16.9 Å². The molecule has 1 aliphatic rings. The van der Waals surface area contributed by atoms with Gasteiger partial charge in [-0.15, -0.1) is 0 Å². The number of nitrogens with two attached hydrogens (primary N) is 1. The number of carbonyl (C=O) groups is 2. The molecule has 0 bridgehead atoms. The third-order valence-electron chi connectivity index (χ3n) is 4.07. The van der Waals surface area contributed by atoms with Crippen LogP contribution in [0.15, 0.2) is 18.2 Å². The number of amides is 3. The van der Waals surface area contributed by atoms with Gasteiger partial charge >= 0.3 is 6.03 Å². The fourth-order valence-corrected chi connectivity index (χ4v) is 2.72. The molecule has 1 aromatic rings.